The fourth-order valence-electron chi connectivity index (χ4n) is 8.58. The van der Waals surface area contributed by atoms with Crippen LogP contribution in [0, 0.1) is 19.7 Å². The van der Waals surface area contributed by atoms with Gasteiger partial charge in [-0.05, 0) is 73.2 Å². The second kappa shape index (κ2) is 14.2. The lowest BCUT2D eigenvalue weighted by Crippen LogP contribution is -2.54. The minimum atomic E-state index is -2.19. The van der Waals surface area contributed by atoms with Crippen molar-refractivity contribution in [3.63, 3.8) is 0 Å². The van der Waals surface area contributed by atoms with Gasteiger partial charge in [0.25, 0.3) is 17.7 Å². The number of alkyl halides is 1. The van der Waals surface area contributed by atoms with Crippen molar-refractivity contribution in [2.45, 2.75) is 64.2 Å². The van der Waals surface area contributed by atoms with Crippen molar-refractivity contribution < 1.29 is 32.8 Å². The molecule has 0 bridgehead atoms. The van der Waals surface area contributed by atoms with Crippen LogP contribution >= 0.6 is 0 Å². The standard InChI is InChI=1S/C42H40F2N10O5/c1-22-5-4-6-23(2)34(22)48-35-29-20-45-41(49-36(29)51(3)50-35)46-26-8-7-24-11-14-53(21-25(24)17-26)40(59)42(44)12-15-52(16-13-42)32-19-28-27(18-30(32)43)38(57)54(39(28)58)31-9-10-33(55)47-37(31)56/h4-8,17-20,31H,9-16,21H2,1-3H3,(H,48,50)(H,45,46,49)(H,47,55,56). The number of carbonyl (C=O) groups is 5. The molecule has 0 spiro atoms. The molecule has 3 aromatic carbocycles. The van der Waals surface area contributed by atoms with Gasteiger partial charge < -0.3 is 20.4 Å². The van der Waals surface area contributed by atoms with E-state index in [-0.39, 0.29) is 62.1 Å². The van der Waals surface area contributed by atoms with Crippen molar-refractivity contribution in [3.05, 3.63) is 93.9 Å². The molecule has 2 saturated heterocycles. The van der Waals surface area contributed by atoms with Gasteiger partial charge in [-0.1, -0.05) is 24.3 Å². The van der Waals surface area contributed by atoms with Crippen LogP contribution < -0.4 is 20.9 Å². The summed E-state index contributed by atoms with van der Waals surface area (Å²) in [6.07, 6.45) is 1.77. The molecule has 15 nitrogen and oxygen atoms in total. The summed E-state index contributed by atoms with van der Waals surface area (Å²) >= 11 is 0. The number of piperidine rings is 2. The molecule has 5 amide bonds. The smallest absolute Gasteiger partial charge is 0.262 e. The van der Waals surface area contributed by atoms with Crippen molar-refractivity contribution in [1.82, 2.24) is 34.9 Å². The van der Waals surface area contributed by atoms with E-state index in [0.29, 0.717) is 36.1 Å². The number of amides is 5. The van der Waals surface area contributed by atoms with Crippen LogP contribution in [0.15, 0.2) is 54.7 Å². The third kappa shape index (κ3) is 6.59. The van der Waals surface area contributed by atoms with E-state index >= 15 is 8.78 Å². The molecule has 0 aliphatic carbocycles. The molecule has 4 aliphatic heterocycles. The van der Waals surface area contributed by atoms with E-state index in [1.807, 2.05) is 57.3 Å². The summed E-state index contributed by atoms with van der Waals surface area (Å²) < 4.78 is 33.8. The lowest BCUT2D eigenvalue weighted by atomic mass is 9.89. The molecule has 1 atom stereocenters. The Hall–Kier alpha value is -6.78. The molecule has 0 radical (unpaired) electrons. The number of nitrogens with one attached hydrogen (secondary N) is 3. The number of benzene rings is 3. The molecule has 59 heavy (non-hydrogen) atoms. The summed E-state index contributed by atoms with van der Waals surface area (Å²) in [7, 11) is 1.82. The highest BCUT2D eigenvalue weighted by Crippen LogP contribution is 2.38. The maximum Gasteiger partial charge on any atom is 0.262 e. The second-order valence-electron chi connectivity index (χ2n) is 15.6. The van der Waals surface area contributed by atoms with Crippen LogP contribution in [0.4, 0.5) is 37.6 Å². The molecule has 0 saturated carbocycles. The zero-order valence-electron chi connectivity index (χ0n) is 32.6. The average Bonchev–Trinajstić information content (AvgIpc) is 3.65. The highest BCUT2D eigenvalue weighted by atomic mass is 19.1. The Morgan fingerprint density at radius 1 is 0.915 bits per heavy atom. The second-order valence-corrected chi connectivity index (χ2v) is 15.6. The quantitative estimate of drug-likeness (QED) is 0.191. The van der Waals surface area contributed by atoms with Gasteiger partial charge in [0.2, 0.25) is 17.8 Å². The number of halogens is 2. The number of nitrogens with zero attached hydrogens (tertiary/aromatic N) is 7. The van der Waals surface area contributed by atoms with Crippen molar-refractivity contribution in [2.24, 2.45) is 7.05 Å². The van der Waals surface area contributed by atoms with E-state index in [1.165, 1.54) is 11.0 Å². The number of anilines is 5. The van der Waals surface area contributed by atoms with E-state index in [4.69, 9.17) is 4.98 Å². The number of carbonyl (C=O) groups excluding carboxylic acids is 5. The van der Waals surface area contributed by atoms with E-state index < -0.39 is 47.1 Å². The van der Waals surface area contributed by atoms with E-state index in [9.17, 15) is 24.0 Å². The minimum absolute atomic E-state index is 0.00238. The van der Waals surface area contributed by atoms with E-state index in [0.717, 1.165) is 44.3 Å². The van der Waals surface area contributed by atoms with Gasteiger partial charge in [0.05, 0.1) is 22.2 Å². The predicted molar refractivity (Wildman–Crippen MR) is 213 cm³/mol. The Labute approximate surface area is 336 Å². The number of rotatable bonds is 7. The Kier molecular flexibility index (Phi) is 9.12. The topological polar surface area (TPSA) is 175 Å². The Bertz CT molecular complexity index is 2620. The Morgan fingerprint density at radius 2 is 1.64 bits per heavy atom. The molecule has 4 aliphatic rings. The maximum absolute atomic E-state index is 16.5. The summed E-state index contributed by atoms with van der Waals surface area (Å²) in [5.41, 5.74) is 3.94. The van der Waals surface area contributed by atoms with Crippen molar-refractivity contribution in [3.8, 4) is 0 Å². The fraction of sp³-hybridized carbons (Fsp3) is 0.333. The largest absolute Gasteiger partial charge is 0.369 e. The third-order valence-electron chi connectivity index (χ3n) is 11.9. The molecule has 2 fully saturated rings. The lowest BCUT2D eigenvalue weighted by molar-refractivity contribution is -0.146. The first-order valence-corrected chi connectivity index (χ1v) is 19.5. The highest BCUT2D eigenvalue weighted by molar-refractivity contribution is 6.23. The summed E-state index contributed by atoms with van der Waals surface area (Å²) in [4.78, 5) is 77.5. The van der Waals surface area contributed by atoms with Crippen molar-refractivity contribution >= 4 is 69.4 Å². The fourth-order valence-corrected chi connectivity index (χ4v) is 8.58. The van der Waals surface area contributed by atoms with Gasteiger partial charge in [-0.3, -0.25) is 34.2 Å². The van der Waals surface area contributed by atoms with Crippen LogP contribution in [0.2, 0.25) is 0 Å². The number of imide groups is 2. The first-order valence-electron chi connectivity index (χ1n) is 19.5. The number of aryl methyl sites for hydroxylation is 3. The molecule has 9 rings (SSSR count). The summed E-state index contributed by atoms with van der Waals surface area (Å²) in [5.74, 6) is -3.27. The van der Waals surface area contributed by atoms with Crippen molar-refractivity contribution in [1.29, 1.82) is 0 Å². The number of hydrogen-bond donors (Lipinski definition) is 3. The first-order chi connectivity index (χ1) is 28.3. The molecular weight excluding hydrogens is 763 g/mol. The maximum atomic E-state index is 16.5. The van der Waals surface area contributed by atoms with Crippen LogP contribution in [0.25, 0.3) is 11.0 Å². The van der Waals surface area contributed by atoms with Crippen LogP contribution in [-0.4, -0.2) is 90.4 Å². The van der Waals surface area contributed by atoms with E-state index in [1.54, 1.807) is 15.8 Å². The summed E-state index contributed by atoms with van der Waals surface area (Å²) in [5, 5.41) is 14.2. The molecule has 1 unspecified atom stereocenters. The molecule has 2 aromatic heterocycles. The normalized spacial score (nSPS) is 18.9. The van der Waals surface area contributed by atoms with Gasteiger partial charge >= 0.3 is 0 Å². The average molecular weight is 803 g/mol. The van der Waals surface area contributed by atoms with E-state index in [2.05, 4.69) is 26.0 Å². The first kappa shape index (κ1) is 37.8. The molecule has 6 heterocycles. The number of para-hydroxylation sites is 1. The zero-order valence-corrected chi connectivity index (χ0v) is 32.6. The van der Waals surface area contributed by atoms with Crippen LogP contribution in [0.3, 0.4) is 0 Å². The van der Waals surface area contributed by atoms with Gasteiger partial charge in [0.15, 0.2) is 17.1 Å². The molecule has 5 aromatic rings. The van der Waals surface area contributed by atoms with Gasteiger partial charge in [-0.25, -0.2) is 18.4 Å². The third-order valence-corrected chi connectivity index (χ3v) is 11.9. The molecule has 302 valence electrons. The predicted octanol–water partition coefficient (Wildman–Crippen LogP) is 4.90. The van der Waals surface area contributed by atoms with Crippen LogP contribution in [-0.2, 0) is 34.4 Å². The minimum Gasteiger partial charge on any atom is -0.369 e. The summed E-state index contributed by atoms with van der Waals surface area (Å²) in [6.45, 7) is 4.58. The Morgan fingerprint density at radius 3 is 2.37 bits per heavy atom. The van der Waals surface area contributed by atoms with Crippen molar-refractivity contribution in [2.75, 3.05) is 35.2 Å². The van der Waals surface area contributed by atoms with Gasteiger partial charge in [0.1, 0.15) is 11.9 Å². The molecule has 3 N–H and O–H groups in total. The molecule has 17 heteroatoms. The Balaban J connectivity index is 0.855. The lowest BCUT2D eigenvalue weighted by Gasteiger charge is -2.40. The number of fused-ring (bicyclic) bond motifs is 3. The van der Waals surface area contributed by atoms with Crippen LogP contribution in [0.5, 0.6) is 0 Å². The number of hydrogen-bond acceptors (Lipinski definition) is 11. The highest BCUT2D eigenvalue weighted by Gasteiger charge is 2.47. The van der Waals surface area contributed by atoms with Gasteiger partial charge in [0, 0.05) is 70.1 Å². The number of aromatic nitrogens is 4. The summed E-state index contributed by atoms with van der Waals surface area (Å²) in [6, 6.07) is 12.9. The zero-order chi connectivity index (χ0) is 41.3. The molecular formula is C42H40F2N10O5. The van der Waals surface area contributed by atoms with Crippen LogP contribution in [0.1, 0.15) is 68.7 Å². The van der Waals surface area contributed by atoms with Gasteiger partial charge in [-0.2, -0.15) is 10.1 Å². The van der Waals surface area contributed by atoms with Gasteiger partial charge in [-0.15, -0.1) is 0 Å². The monoisotopic (exact) mass is 802 g/mol. The SMILES string of the molecule is Cc1cccc(C)c1Nc1nn(C)c2nc(Nc3ccc4c(c3)CN(C(=O)C3(F)CCN(c5cc6c(cc5F)C(=O)N(C5CCC(=O)NC5=O)C6=O)CC3)CC4)ncc12.